The Morgan fingerprint density at radius 1 is 0.826 bits per heavy atom. The van der Waals surface area contributed by atoms with E-state index in [0.717, 1.165) is 11.3 Å². The molecule has 0 saturated carbocycles. The monoisotopic (exact) mass is 340 g/mol. The predicted molar refractivity (Wildman–Crippen MR) is 101 cm³/mol. The molecule has 2 N–H and O–H groups in total. The summed E-state index contributed by atoms with van der Waals surface area (Å²) in [6.07, 6.45) is 15.3. The lowest BCUT2D eigenvalue weighted by Gasteiger charge is -2.16. The fourth-order valence-electron chi connectivity index (χ4n) is 3.00. The summed E-state index contributed by atoms with van der Waals surface area (Å²) >= 11 is 1.51. The average molecular weight is 341 g/mol. The normalized spacial score (nSPS) is 14.0. The predicted octanol–water partition coefficient (Wildman–Crippen LogP) is 6.23. The fourth-order valence-corrected chi connectivity index (χ4v) is 3.77. The number of aliphatic hydroxyl groups is 2. The van der Waals surface area contributed by atoms with Crippen LogP contribution in [0.5, 0.6) is 0 Å². The van der Waals surface area contributed by atoms with Crippen molar-refractivity contribution >= 4 is 11.3 Å². The van der Waals surface area contributed by atoms with Crippen LogP contribution in [0.4, 0.5) is 0 Å². The topological polar surface area (TPSA) is 40.5 Å². The molecule has 0 saturated heterocycles. The summed E-state index contributed by atoms with van der Waals surface area (Å²) in [5.74, 6) is 0. The van der Waals surface area contributed by atoms with Gasteiger partial charge in [-0.25, -0.2) is 0 Å². The van der Waals surface area contributed by atoms with Crippen molar-refractivity contribution in [2.75, 3.05) is 0 Å². The van der Waals surface area contributed by atoms with Gasteiger partial charge in [0.15, 0.2) is 0 Å². The molecule has 0 aliphatic carbocycles. The van der Waals surface area contributed by atoms with Crippen LogP contribution in [0.2, 0.25) is 0 Å². The van der Waals surface area contributed by atoms with Gasteiger partial charge in [-0.1, -0.05) is 90.0 Å². The molecule has 2 unspecified atom stereocenters. The van der Waals surface area contributed by atoms with Crippen molar-refractivity contribution in [1.29, 1.82) is 0 Å². The highest BCUT2D eigenvalue weighted by molar-refractivity contribution is 7.10. The van der Waals surface area contributed by atoms with E-state index in [1.165, 1.54) is 82.0 Å². The van der Waals surface area contributed by atoms with E-state index in [4.69, 9.17) is 0 Å². The molecule has 1 aromatic heterocycles. The van der Waals surface area contributed by atoms with Gasteiger partial charge in [0.2, 0.25) is 0 Å². The summed E-state index contributed by atoms with van der Waals surface area (Å²) < 4.78 is 0. The molecule has 3 heteroatoms. The van der Waals surface area contributed by atoms with Crippen LogP contribution in [0.1, 0.15) is 101 Å². The van der Waals surface area contributed by atoms with Gasteiger partial charge in [0.1, 0.15) is 6.10 Å². The molecule has 1 rings (SSSR count). The minimum Gasteiger partial charge on any atom is -0.390 e. The Morgan fingerprint density at radius 3 is 1.83 bits per heavy atom. The Morgan fingerprint density at radius 2 is 1.35 bits per heavy atom. The van der Waals surface area contributed by atoms with Crippen LogP contribution in [-0.2, 0) is 0 Å². The summed E-state index contributed by atoms with van der Waals surface area (Å²) in [6.45, 7) is 2.27. The van der Waals surface area contributed by atoms with Crippen LogP contribution in [0.15, 0.2) is 17.5 Å². The average Bonchev–Trinajstić information content (AvgIpc) is 3.09. The van der Waals surface area contributed by atoms with Crippen LogP contribution in [0, 0.1) is 0 Å². The third-order valence-corrected chi connectivity index (χ3v) is 5.50. The van der Waals surface area contributed by atoms with Crippen LogP contribution < -0.4 is 0 Å². The second-order valence-corrected chi connectivity index (χ2v) is 7.68. The zero-order chi connectivity index (χ0) is 16.8. The first-order valence-corrected chi connectivity index (χ1v) is 10.5. The Balaban J connectivity index is 1.86. The molecule has 0 radical (unpaired) electrons. The highest BCUT2D eigenvalue weighted by Gasteiger charge is 2.18. The molecule has 0 fully saturated rings. The zero-order valence-corrected chi connectivity index (χ0v) is 15.7. The summed E-state index contributed by atoms with van der Waals surface area (Å²) in [7, 11) is 0. The molecular weight excluding hydrogens is 304 g/mol. The molecule has 0 amide bonds. The first-order chi connectivity index (χ1) is 11.3. The maximum Gasteiger partial charge on any atom is 0.114 e. The lowest BCUT2D eigenvalue weighted by Crippen LogP contribution is -2.17. The van der Waals surface area contributed by atoms with Crippen molar-refractivity contribution in [3.63, 3.8) is 0 Å². The quantitative estimate of drug-likeness (QED) is 0.371. The van der Waals surface area contributed by atoms with Gasteiger partial charge < -0.3 is 10.2 Å². The second kappa shape index (κ2) is 14.0. The van der Waals surface area contributed by atoms with E-state index in [0.29, 0.717) is 6.42 Å². The molecule has 0 aliphatic heterocycles. The Hall–Kier alpha value is -0.380. The molecule has 1 heterocycles. The van der Waals surface area contributed by atoms with Crippen LogP contribution >= 0.6 is 11.3 Å². The largest absolute Gasteiger partial charge is 0.390 e. The third-order valence-electron chi connectivity index (χ3n) is 4.55. The summed E-state index contributed by atoms with van der Waals surface area (Å²) in [4.78, 5) is 0.872. The minimum absolute atomic E-state index is 0.614. The SMILES string of the molecule is CCCCCCCCCCCCCCC(O)C(O)c1cccs1. The molecule has 2 nitrogen and oxygen atoms in total. The third kappa shape index (κ3) is 10.2. The highest BCUT2D eigenvalue weighted by atomic mass is 32.1. The molecule has 0 aromatic carbocycles. The minimum atomic E-state index is -0.706. The van der Waals surface area contributed by atoms with Gasteiger partial charge in [-0.2, -0.15) is 0 Å². The first-order valence-electron chi connectivity index (χ1n) is 9.65. The van der Waals surface area contributed by atoms with Crippen molar-refractivity contribution in [2.24, 2.45) is 0 Å². The summed E-state index contributed by atoms with van der Waals surface area (Å²) in [5, 5.41) is 22.0. The number of aliphatic hydroxyl groups excluding tert-OH is 2. The van der Waals surface area contributed by atoms with Crippen LogP contribution in [-0.4, -0.2) is 16.3 Å². The smallest absolute Gasteiger partial charge is 0.114 e. The summed E-state index contributed by atoms with van der Waals surface area (Å²) in [6, 6.07) is 3.81. The van der Waals surface area contributed by atoms with E-state index in [9.17, 15) is 10.2 Å². The van der Waals surface area contributed by atoms with E-state index in [-0.39, 0.29) is 0 Å². The van der Waals surface area contributed by atoms with Gasteiger partial charge in [-0.15, -0.1) is 11.3 Å². The molecule has 0 aliphatic rings. The van der Waals surface area contributed by atoms with E-state index in [2.05, 4.69) is 6.92 Å². The van der Waals surface area contributed by atoms with Crippen LogP contribution in [0.3, 0.4) is 0 Å². The van der Waals surface area contributed by atoms with Crippen molar-refractivity contribution in [3.05, 3.63) is 22.4 Å². The Kier molecular flexibility index (Phi) is 12.6. The van der Waals surface area contributed by atoms with Crippen molar-refractivity contribution < 1.29 is 10.2 Å². The second-order valence-electron chi connectivity index (χ2n) is 6.71. The molecule has 23 heavy (non-hydrogen) atoms. The lowest BCUT2D eigenvalue weighted by molar-refractivity contribution is 0.0141. The van der Waals surface area contributed by atoms with Crippen LogP contribution in [0.25, 0.3) is 0 Å². The molecule has 1 aromatic rings. The Bertz CT molecular complexity index is 351. The number of unbranched alkanes of at least 4 members (excludes halogenated alkanes) is 11. The van der Waals surface area contributed by atoms with Gasteiger partial charge in [-0.3, -0.25) is 0 Å². The van der Waals surface area contributed by atoms with Gasteiger partial charge in [0, 0.05) is 4.88 Å². The van der Waals surface area contributed by atoms with E-state index in [1.807, 2.05) is 17.5 Å². The van der Waals surface area contributed by atoms with Crippen molar-refractivity contribution in [2.45, 2.75) is 103 Å². The molecule has 134 valence electrons. The first kappa shape index (κ1) is 20.7. The number of thiophene rings is 1. The Labute approximate surface area is 146 Å². The maximum atomic E-state index is 10.0. The van der Waals surface area contributed by atoms with Crippen molar-refractivity contribution in [3.8, 4) is 0 Å². The number of hydrogen-bond donors (Lipinski definition) is 2. The van der Waals surface area contributed by atoms with Crippen molar-refractivity contribution in [1.82, 2.24) is 0 Å². The fraction of sp³-hybridized carbons (Fsp3) is 0.800. The highest BCUT2D eigenvalue weighted by Crippen LogP contribution is 2.24. The van der Waals surface area contributed by atoms with Gasteiger partial charge >= 0.3 is 0 Å². The molecule has 2 atom stereocenters. The lowest BCUT2D eigenvalue weighted by atomic mass is 10.0. The maximum absolute atomic E-state index is 10.0. The van der Waals surface area contributed by atoms with Gasteiger partial charge in [0.25, 0.3) is 0 Å². The zero-order valence-electron chi connectivity index (χ0n) is 14.9. The molecule has 0 bridgehead atoms. The molecule has 0 spiro atoms. The standard InChI is InChI=1S/C20H36O2S/c1-2-3-4-5-6-7-8-9-10-11-12-13-15-18(21)20(22)19-16-14-17-23-19/h14,16-18,20-22H,2-13,15H2,1H3. The number of hydrogen-bond acceptors (Lipinski definition) is 3. The van der Waals surface area contributed by atoms with E-state index >= 15 is 0 Å². The van der Waals surface area contributed by atoms with E-state index < -0.39 is 12.2 Å². The van der Waals surface area contributed by atoms with E-state index in [1.54, 1.807) is 0 Å². The number of rotatable bonds is 15. The molecular formula is C20H36O2S. The van der Waals surface area contributed by atoms with Gasteiger partial charge in [0.05, 0.1) is 6.10 Å². The summed E-state index contributed by atoms with van der Waals surface area (Å²) in [5.41, 5.74) is 0. The van der Waals surface area contributed by atoms with Gasteiger partial charge in [-0.05, 0) is 17.9 Å².